The molecule has 0 bridgehead atoms. The van der Waals surface area contributed by atoms with Gasteiger partial charge < -0.3 is 11.1 Å². The predicted octanol–water partition coefficient (Wildman–Crippen LogP) is 0.885. The molecular weight excluding hydrogens is 284 g/mol. The maximum absolute atomic E-state index is 11.9. The van der Waals surface area contributed by atoms with E-state index in [9.17, 15) is 13.2 Å². The molecular formula is C12H16N2O3S2. The number of rotatable bonds is 5. The maximum Gasteiger partial charge on any atom is 0.251 e. The van der Waals surface area contributed by atoms with E-state index < -0.39 is 9.84 Å². The van der Waals surface area contributed by atoms with Crippen molar-refractivity contribution in [3.05, 3.63) is 29.8 Å². The number of nitrogens with two attached hydrogens (primary N) is 1. The number of benzene rings is 1. The molecule has 1 aromatic rings. The molecule has 1 atom stereocenters. The molecule has 1 unspecified atom stereocenters. The summed E-state index contributed by atoms with van der Waals surface area (Å²) in [7, 11) is -3.26. The molecule has 19 heavy (non-hydrogen) atoms. The third-order valence-electron chi connectivity index (χ3n) is 2.60. The Balaban J connectivity index is 2.87. The number of sulfone groups is 1. The summed E-state index contributed by atoms with van der Waals surface area (Å²) in [6.45, 7) is 1.86. The number of nitrogens with one attached hydrogen (secondary N) is 1. The van der Waals surface area contributed by atoms with Crippen molar-refractivity contribution in [3.63, 3.8) is 0 Å². The molecule has 104 valence electrons. The quantitative estimate of drug-likeness (QED) is 0.788. The van der Waals surface area contributed by atoms with Crippen molar-refractivity contribution in [2.24, 2.45) is 5.73 Å². The van der Waals surface area contributed by atoms with Crippen LogP contribution < -0.4 is 11.1 Å². The third-order valence-corrected chi connectivity index (χ3v) is 4.01. The molecule has 0 aliphatic carbocycles. The molecule has 0 saturated heterocycles. The van der Waals surface area contributed by atoms with Crippen LogP contribution in [0, 0.1) is 0 Å². The molecule has 0 fully saturated rings. The first kappa shape index (κ1) is 15.6. The third kappa shape index (κ3) is 4.29. The van der Waals surface area contributed by atoms with E-state index in [-0.39, 0.29) is 21.8 Å². The Bertz CT molecular complexity index is 579. The van der Waals surface area contributed by atoms with E-state index in [2.05, 4.69) is 5.32 Å². The van der Waals surface area contributed by atoms with Crippen molar-refractivity contribution in [3.8, 4) is 0 Å². The fourth-order valence-electron chi connectivity index (χ4n) is 1.47. The van der Waals surface area contributed by atoms with Gasteiger partial charge >= 0.3 is 0 Å². The average molecular weight is 300 g/mol. The van der Waals surface area contributed by atoms with E-state index in [1.165, 1.54) is 24.3 Å². The van der Waals surface area contributed by atoms with Crippen LogP contribution in [0.3, 0.4) is 0 Å². The molecule has 5 nitrogen and oxygen atoms in total. The van der Waals surface area contributed by atoms with Crippen molar-refractivity contribution >= 4 is 33.0 Å². The van der Waals surface area contributed by atoms with Crippen LogP contribution in [0.5, 0.6) is 0 Å². The molecule has 0 aromatic heterocycles. The van der Waals surface area contributed by atoms with Gasteiger partial charge in [0.1, 0.15) is 0 Å². The zero-order chi connectivity index (χ0) is 14.6. The van der Waals surface area contributed by atoms with Crippen LogP contribution in [0.2, 0.25) is 0 Å². The first-order valence-electron chi connectivity index (χ1n) is 5.66. The Morgan fingerprint density at radius 1 is 1.37 bits per heavy atom. The summed E-state index contributed by atoms with van der Waals surface area (Å²) >= 11 is 4.84. The molecule has 0 saturated carbocycles. The molecule has 1 aromatic carbocycles. The molecule has 0 spiro atoms. The van der Waals surface area contributed by atoms with Gasteiger partial charge in [0.05, 0.1) is 15.9 Å². The first-order chi connectivity index (χ1) is 8.75. The van der Waals surface area contributed by atoms with Crippen LogP contribution in [0.25, 0.3) is 0 Å². The summed E-state index contributed by atoms with van der Waals surface area (Å²) < 4.78 is 22.6. The first-order valence-corrected chi connectivity index (χ1v) is 7.96. The lowest BCUT2D eigenvalue weighted by Crippen LogP contribution is -2.42. The Morgan fingerprint density at radius 3 is 2.26 bits per heavy atom. The standard InChI is InChI=1S/C12H16N2O3S2/c1-3-10(11(13)18)14-12(15)8-4-6-9(7-5-8)19(2,16)17/h4-7,10H,3H2,1-2H3,(H2,13,18)(H,14,15). The molecule has 7 heteroatoms. The van der Waals surface area contributed by atoms with Crippen molar-refractivity contribution in [1.29, 1.82) is 0 Å². The highest BCUT2D eigenvalue weighted by molar-refractivity contribution is 7.90. The SMILES string of the molecule is CCC(NC(=O)c1ccc(S(C)(=O)=O)cc1)C(N)=S. The van der Waals surface area contributed by atoms with Crippen LogP contribution in [0.4, 0.5) is 0 Å². The van der Waals surface area contributed by atoms with Gasteiger partial charge in [-0.25, -0.2) is 8.42 Å². The highest BCUT2D eigenvalue weighted by Gasteiger charge is 2.15. The molecule has 1 amide bonds. The maximum atomic E-state index is 11.9. The summed E-state index contributed by atoms with van der Waals surface area (Å²) in [6.07, 6.45) is 1.71. The van der Waals surface area contributed by atoms with E-state index in [4.69, 9.17) is 18.0 Å². The minimum Gasteiger partial charge on any atom is -0.392 e. The Kier molecular flexibility index (Phi) is 5.02. The Labute approximate surface area is 118 Å². The number of thiocarbonyl (C=S) groups is 1. The monoisotopic (exact) mass is 300 g/mol. The van der Waals surface area contributed by atoms with Gasteiger partial charge in [-0.05, 0) is 30.7 Å². The lowest BCUT2D eigenvalue weighted by Gasteiger charge is -2.15. The summed E-state index contributed by atoms with van der Waals surface area (Å²) in [5.41, 5.74) is 5.86. The van der Waals surface area contributed by atoms with Crippen molar-refractivity contribution in [1.82, 2.24) is 5.32 Å². The molecule has 1 rings (SSSR count). The minimum atomic E-state index is -3.26. The zero-order valence-corrected chi connectivity index (χ0v) is 12.3. The molecule has 0 aliphatic rings. The van der Waals surface area contributed by atoms with Gasteiger partial charge in [0.2, 0.25) is 0 Å². The number of amides is 1. The topological polar surface area (TPSA) is 89.3 Å². The second-order valence-electron chi connectivity index (χ2n) is 4.13. The number of carbonyl (C=O) groups is 1. The van der Waals surface area contributed by atoms with Gasteiger partial charge in [0.25, 0.3) is 5.91 Å². The fourth-order valence-corrected chi connectivity index (χ4v) is 2.33. The largest absolute Gasteiger partial charge is 0.392 e. The van der Waals surface area contributed by atoms with Gasteiger partial charge in [0.15, 0.2) is 9.84 Å². The van der Waals surface area contributed by atoms with Crippen LogP contribution in [0.1, 0.15) is 23.7 Å². The Hall–Kier alpha value is -1.47. The van der Waals surface area contributed by atoms with Crippen LogP contribution >= 0.6 is 12.2 Å². The Morgan fingerprint density at radius 2 is 1.89 bits per heavy atom. The number of hydrogen-bond acceptors (Lipinski definition) is 4. The average Bonchev–Trinajstić information content (AvgIpc) is 2.34. The van der Waals surface area contributed by atoms with Crippen molar-refractivity contribution in [2.45, 2.75) is 24.3 Å². The van der Waals surface area contributed by atoms with E-state index in [1.807, 2.05) is 6.92 Å². The van der Waals surface area contributed by atoms with E-state index in [0.29, 0.717) is 12.0 Å². The second-order valence-corrected chi connectivity index (χ2v) is 6.62. The van der Waals surface area contributed by atoms with E-state index >= 15 is 0 Å². The molecule has 0 aliphatic heterocycles. The molecule has 0 heterocycles. The van der Waals surface area contributed by atoms with E-state index in [0.717, 1.165) is 6.26 Å². The minimum absolute atomic E-state index is 0.172. The highest BCUT2D eigenvalue weighted by atomic mass is 32.2. The zero-order valence-electron chi connectivity index (χ0n) is 10.7. The molecule has 3 N–H and O–H groups in total. The van der Waals surface area contributed by atoms with Gasteiger partial charge in [-0.2, -0.15) is 0 Å². The van der Waals surface area contributed by atoms with Crippen LogP contribution in [0.15, 0.2) is 29.2 Å². The summed E-state index contributed by atoms with van der Waals surface area (Å²) in [5, 5.41) is 2.69. The number of carbonyl (C=O) groups excluding carboxylic acids is 1. The summed E-state index contributed by atoms with van der Waals surface area (Å²) in [6, 6.07) is 5.34. The highest BCUT2D eigenvalue weighted by Crippen LogP contribution is 2.10. The summed E-state index contributed by atoms with van der Waals surface area (Å²) in [5.74, 6) is -0.334. The second kappa shape index (κ2) is 6.12. The fraction of sp³-hybridized carbons (Fsp3) is 0.333. The van der Waals surface area contributed by atoms with Crippen molar-refractivity contribution < 1.29 is 13.2 Å². The van der Waals surface area contributed by atoms with Crippen LogP contribution in [-0.2, 0) is 9.84 Å². The van der Waals surface area contributed by atoms with Gasteiger partial charge in [-0.15, -0.1) is 0 Å². The van der Waals surface area contributed by atoms with Gasteiger partial charge in [-0.3, -0.25) is 4.79 Å². The lowest BCUT2D eigenvalue weighted by molar-refractivity contribution is 0.0946. The predicted molar refractivity (Wildman–Crippen MR) is 77.9 cm³/mol. The smallest absolute Gasteiger partial charge is 0.251 e. The molecule has 0 radical (unpaired) electrons. The normalized spacial score (nSPS) is 12.7. The van der Waals surface area contributed by atoms with Gasteiger partial charge in [0, 0.05) is 11.8 Å². The summed E-state index contributed by atoms with van der Waals surface area (Å²) in [4.78, 5) is 12.3. The lowest BCUT2D eigenvalue weighted by atomic mass is 10.1. The number of hydrogen-bond donors (Lipinski definition) is 2. The van der Waals surface area contributed by atoms with Crippen molar-refractivity contribution in [2.75, 3.05) is 6.26 Å². The van der Waals surface area contributed by atoms with Crippen LogP contribution in [-0.4, -0.2) is 31.6 Å². The van der Waals surface area contributed by atoms with Gasteiger partial charge in [-0.1, -0.05) is 19.1 Å². The van der Waals surface area contributed by atoms with E-state index in [1.54, 1.807) is 0 Å².